The average Bonchev–Trinajstić information content (AvgIpc) is 3.02. The van der Waals surface area contributed by atoms with E-state index in [4.69, 9.17) is 0 Å². The van der Waals surface area contributed by atoms with Gasteiger partial charge in [0.2, 0.25) is 5.95 Å². The Morgan fingerprint density at radius 3 is 2.63 bits per heavy atom. The van der Waals surface area contributed by atoms with E-state index in [9.17, 15) is 18.3 Å². The van der Waals surface area contributed by atoms with E-state index in [1.54, 1.807) is 11.1 Å². The standard InChI is InChI=1S/C19H17F3N4O/c20-19(21,22)17-6-8-24-18(25-17)26-10-13(16(27)11-26)9-12-5-7-23-15-4-2-1-3-14(12)15/h1-8,13,16,27H,9-11H2/t13-,16+/m1/s1. The molecule has 0 amide bonds. The summed E-state index contributed by atoms with van der Waals surface area (Å²) in [6.07, 6.45) is -1.77. The number of aromatic nitrogens is 3. The number of aliphatic hydroxyl groups is 1. The van der Waals surface area contributed by atoms with E-state index in [1.165, 1.54) is 0 Å². The molecule has 2 atom stereocenters. The molecule has 4 rings (SSSR count). The van der Waals surface area contributed by atoms with Crippen LogP contribution in [0.1, 0.15) is 11.3 Å². The van der Waals surface area contributed by atoms with E-state index in [0.29, 0.717) is 13.0 Å². The lowest BCUT2D eigenvalue weighted by molar-refractivity contribution is -0.141. The summed E-state index contributed by atoms with van der Waals surface area (Å²) in [6, 6.07) is 10.5. The van der Waals surface area contributed by atoms with Crippen molar-refractivity contribution in [1.29, 1.82) is 0 Å². The Hall–Kier alpha value is -2.74. The molecule has 3 heterocycles. The molecule has 0 radical (unpaired) electrons. The first-order valence-corrected chi connectivity index (χ1v) is 8.58. The molecule has 1 aromatic carbocycles. The van der Waals surface area contributed by atoms with Gasteiger partial charge in [0.05, 0.1) is 11.6 Å². The minimum Gasteiger partial charge on any atom is -0.391 e. The molecule has 0 unspecified atom stereocenters. The van der Waals surface area contributed by atoms with Crippen LogP contribution in [0.15, 0.2) is 48.8 Å². The molecule has 0 aliphatic carbocycles. The minimum absolute atomic E-state index is 0.00837. The fourth-order valence-corrected chi connectivity index (χ4v) is 3.49. The molecule has 1 fully saturated rings. The van der Waals surface area contributed by atoms with Gasteiger partial charge in [0.1, 0.15) is 5.69 Å². The van der Waals surface area contributed by atoms with Crippen molar-refractivity contribution in [3.05, 3.63) is 60.0 Å². The van der Waals surface area contributed by atoms with Crippen LogP contribution in [-0.2, 0) is 12.6 Å². The van der Waals surface area contributed by atoms with Crippen LogP contribution in [0.2, 0.25) is 0 Å². The maximum Gasteiger partial charge on any atom is 0.433 e. The van der Waals surface area contributed by atoms with Crippen molar-refractivity contribution in [2.24, 2.45) is 5.92 Å². The van der Waals surface area contributed by atoms with Crippen LogP contribution < -0.4 is 4.90 Å². The van der Waals surface area contributed by atoms with Crippen molar-refractivity contribution < 1.29 is 18.3 Å². The molecule has 27 heavy (non-hydrogen) atoms. The highest BCUT2D eigenvalue weighted by Crippen LogP contribution is 2.30. The number of β-amino-alcohol motifs (C(OH)–C–C–N with tert-alkyl or cyclic N) is 1. The Morgan fingerprint density at radius 1 is 1.04 bits per heavy atom. The van der Waals surface area contributed by atoms with Gasteiger partial charge in [-0.05, 0) is 30.2 Å². The van der Waals surface area contributed by atoms with Gasteiger partial charge in [0, 0.05) is 36.8 Å². The quantitative estimate of drug-likeness (QED) is 0.763. The molecule has 1 saturated heterocycles. The Balaban J connectivity index is 1.55. The summed E-state index contributed by atoms with van der Waals surface area (Å²) in [7, 11) is 0. The molecule has 1 N–H and O–H groups in total. The van der Waals surface area contributed by atoms with E-state index >= 15 is 0 Å². The Labute approximate surface area is 153 Å². The molecular formula is C19H17F3N4O. The fraction of sp³-hybridized carbons (Fsp3) is 0.316. The highest BCUT2D eigenvalue weighted by Gasteiger charge is 2.36. The summed E-state index contributed by atoms with van der Waals surface area (Å²) in [5.74, 6) is -0.139. The Morgan fingerprint density at radius 2 is 1.81 bits per heavy atom. The largest absolute Gasteiger partial charge is 0.433 e. The lowest BCUT2D eigenvalue weighted by Crippen LogP contribution is -2.24. The number of hydrogen-bond donors (Lipinski definition) is 1. The summed E-state index contributed by atoms with van der Waals surface area (Å²) in [4.78, 5) is 13.5. The van der Waals surface area contributed by atoms with E-state index in [1.807, 2.05) is 30.3 Å². The van der Waals surface area contributed by atoms with Gasteiger partial charge in [-0.1, -0.05) is 18.2 Å². The first-order chi connectivity index (χ1) is 12.9. The predicted molar refractivity (Wildman–Crippen MR) is 94.2 cm³/mol. The van der Waals surface area contributed by atoms with E-state index in [-0.39, 0.29) is 18.4 Å². The number of hydrogen-bond acceptors (Lipinski definition) is 5. The second kappa shape index (κ2) is 6.77. The highest BCUT2D eigenvalue weighted by molar-refractivity contribution is 5.81. The maximum absolute atomic E-state index is 12.9. The zero-order chi connectivity index (χ0) is 19.0. The number of alkyl halides is 3. The summed E-state index contributed by atoms with van der Waals surface area (Å²) in [6.45, 7) is 0.591. The number of para-hydroxylation sites is 1. The molecule has 1 aliphatic rings. The van der Waals surface area contributed by atoms with Crippen molar-refractivity contribution in [1.82, 2.24) is 15.0 Å². The normalized spacial score (nSPS) is 20.4. The van der Waals surface area contributed by atoms with Crippen LogP contribution in [0.25, 0.3) is 10.9 Å². The summed E-state index contributed by atoms with van der Waals surface area (Å²) in [5, 5.41) is 11.5. The van der Waals surface area contributed by atoms with Gasteiger partial charge in [-0.2, -0.15) is 13.2 Å². The Bertz CT molecular complexity index is 958. The molecule has 1 aliphatic heterocycles. The average molecular weight is 374 g/mol. The Kier molecular flexibility index (Phi) is 4.43. The van der Waals surface area contributed by atoms with E-state index in [2.05, 4.69) is 15.0 Å². The number of fused-ring (bicyclic) bond motifs is 1. The van der Waals surface area contributed by atoms with Crippen molar-refractivity contribution in [2.45, 2.75) is 18.7 Å². The summed E-state index contributed by atoms with van der Waals surface area (Å²) >= 11 is 0. The first kappa shape index (κ1) is 17.7. The lowest BCUT2D eigenvalue weighted by Gasteiger charge is -2.17. The van der Waals surface area contributed by atoms with Gasteiger partial charge in [0.25, 0.3) is 0 Å². The molecule has 2 aromatic heterocycles. The lowest BCUT2D eigenvalue weighted by atomic mass is 9.94. The number of rotatable bonds is 3. The monoisotopic (exact) mass is 374 g/mol. The van der Waals surface area contributed by atoms with Crippen LogP contribution in [0.5, 0.6) is 0 Å². The molecule has 0 spiro atoms. The second-order valence-corrected chi connectivity index (χ2v) is 6.66. The molecule has 0 saturated carbocycles. The summed E-state index contributed by atoms with van der Waals surface area (Å²) in [5.41, 5.74) is 0.947. The zero-order valence-corrected chi connectivity index (χ0v) is 14.3. The molecule has 5 nitrogen and oxygen atoms in total. The molecule has 3 aromatic rings. The smallest absolute Gasteiger partial charge is 0.391 e. The van der Waals surface area contributed by atoms with Crippen molar-refractivity contribution in [3.63, 3.8) is 0 Å². The second-order valence-electron chi connectivity index (χ2n) is 6.66. The number of anilines is 1. The minimum atomic E-state index is -4.52. The van der Waals surface area contributed by atoms with Crippen LogP contribution in [-0.4, -0.2) is 39.3 Å². The number of nitrogens with zero attached hydrogens (tertiary/aromatic N) is 4. The molecular weight excluding hydrogens is 357 g/mol. The maximum atomic E-state index is 12.9. The van der Waals surface area contributed by atoms with Gasteiger partial charge in [-0.25, -0.2) is 9.97 Å². The van der Waals surface area contributed by atoms with Crippen molar-refractivity contribution >= 4 is 16.9 Å². The van der Waals surface area contributed by atoms with Gasteiger partial charge in [0.15, 0.2) is 0 Å². The van der Waals surface area contributed by atoms with Crippen molar-refractivity contribution in [2.75, 3.05) is 18.0 Å². The van der Waals surface area contributed by atoms with E-state index in [0.717, 1.165) is 28.7 Å². The third-order valence-electron chi connectivity index (χ3n) is 4.84. The molecule has 0 bridgehead atoms. The third-order valence-corrected chi connectivity index (χ3v) is 4.84. The van der Waals surface area contributed by atoms with Gasteiger partial charge < -0.3 is 10.0 Å². The topological polar surface area (TPSA) is 62.1 Å². The number of halogens is 3. The van der Waals surface area contributed by atoms with Crippen LogP contribution in [0.3, 0.4) is 0 Å². The predicted octanol–water partition coefficient (Wildman–Crippen LogP) is 3.08. The van der Waals surface area contributed by atoms with Gasteiger partial charge in [-0.3, -0.25) is 4.98 Å². The number of aliphatic hydroxyl groups excluding tert-OH is 1. The highest BCUT2D eigenvalue weighted by atomic mass is 19.4. The SMILES string of the molecule is O[C@H]1CN(c2nccc(C(F)(F)F)n2)C[C@H]1Cc1ccnc2ccccc12. The summed E-state index contributed by atoms with van der Waals surface area (Å²) < 4.78 is 38.6. The van der Waals surface area contributed by atoms with Gasteiger partial charge >= 0.3 is 6.18 Å². The first-order valence-electron chi connectivity index (χ1n) is 8.58. The van der Waals surface area contributed by atoms with Crippen LogP contribution >= 0.6 is 0 Å². The fourth-order valence-electron chi connectivity index (χ4n) is 3.49. The van der Waals surface area contributed by atoms with Crippen LogP contribution in [0, 0.1) is 5.92 Å². The molecule has 8 heteroatoms. The van der Waals surface area contributed by atoms with Crippen molar-refractivity contribution in [3.8, 4) is 0 Å². The number of benzene rings is 1. The third kappa shape index (κ3) is 3.57. The molecule has 140 valence electrons. The zero-order valence-electron chi connectivity index (χ0n) is 14.3. The van der Waals surface area contributed by atoms with Gasteiger partial charge in [-0.15, -0.1) is 0 Å². The van der Waals surface area contributed by atoms with E-state index < -0.39 is 18.0 Å². The number of pyridine rings is 1. The van der Waals surface area contributed by atoms with Crippen LogP contribution in [0.4, 0.5) is 19.1 Å².